The van der Waals surface area contributed by atoms with E-state index >= 15 is 0 Å². The van der Waals surface area contributed by atoms with Crippen LogP contribution in [0.3, 0.4) is 0 Å². The molecular formula is C16H22ClNO2S. The molecule has 3 nitrogen and oxygen atoms in total. The first-order valence-corrected chi connectivity index (χ1v) is 8.63. The van der Waals surface area contributed by atoms with Crippen LogP contribution in [0.15, 0.2) is 24.3 Å². The Hall–Kier alpha value is -0.870. The molecule has 1 saturated heterocycles. The van der Waals surface area contributed by atoms with E-state index in [0.717, 1.165) is 29.3 Å². The van der Waals surface area contributed by atoms with Crippen LogP contribution in [0.2, 0.25) is 5.02 Å². The van der Waals surface area contributed by atoms with Crippen molar-refractivity contribution in [1.82, 2.24) is 4.90 Å². The van der Waals surface area contributed by atoms with E-state index in [1.54, 1.807) is 4.90 Å². The molecule has 0 saturated carbocycles. The van der Waals surface area contributed by atoms with E-state index in [-0.39, 0.29) is 6.09 Å². The Morgan fingerprint density at radius 3 is 2.71 bits per heavy atom. The molecule has 0 N–H and O–H groups in total. The average molecular weight is 328 g/mol. The Balaban J connectivity index is 1.99. The molecule has 0 aromatic heterocycles. The van der Waals surface area contributed by atoms with Gasteiger partial charge in [-0.25, -0.2) is 4.79 Å². The van der Waals surface area contributed by atoms with Crippen LogP contribution in [-0.4, -0.2) is 35.4 Å². The fraction of sp³-hybridized carbons (Fsp3) is 0.562. The van der Waals surface area contributed by atoms with E-state index in [1.807, 2.05) is 50.7 Å². The number of ether oxygens (including phenoxy) is 1. The summed E-state index contributed by atoms with van der Waals surface area (Å²) in [5, 5.41) is 1.15. The predicted molar refractivity (Wildman–Crippen MR) is 89.1 cm³/mol. The minimum Gasteiger partial charge on any atom is -0.444 e. The van der Waals surface area contributed by atoms with Gasteiger partial charge in [0.25, 0.3) is 0 Å². The molecule has 1 heterocycles. The summed E-state index contributed by atoms with van der Waals surface area (Å²) < 4.78 is 5.45. The van der Waals surface area contributed by atoms with Crippen LogP contribution in [0.25, 0.3) is 0 Å². The number of hydrogen-bond donors (Lipinski definition) is 0. The third-order valence-electron chi connectivity index (χ3n) is 3.25. The van der Waals surface area contributed by atoms with E-state index in [2.05, 4.69) is 6.07 Å². The van der Waals surface area contributed by atoms with Crippen molar-refractivity contribution in [3.63, 3.8) is 0 Å². The van der Waals surface area contributed by atoms with Crippen LogP contribution < -0.4 is 0 Å². The van der Waals surface area contributed by atoms with E-state index in [1.165, 1.54) is 0 Å². The highest BCUT2D eigenvalue weighted by atomic mass is 35.5. The second kappa shape index (κ2) is 6.93. The van der Waals surface area contributed by atoms with Gasteiger partial charge in [0, 0.05) is 29.1 Å². The van der Waals surface area contributed by atoms with Crippen molar-refractivity contribution in [3.05, 3.63) is 34.9 Å². The number of rotatable bonds is 1. The zero-order valence-electron chi connectivity index (χ0n) is 12.8. The van der Waals surface area contributed by atoms with Crippen molar-refractivity contribution >= 4 is 29.5 Å². The topological polar surface area (TPSA) is 29.5 Å². The summed E-state index contributed by atoms with van der Waals surface area (Å²) in [6, 6.07) is 7.95. The number of halogens is 1. The number of thioether (sulfide) groups is 1. The molecule has 1 aromatic carbocycles. The lowest BCUT2D eigenvalue weighted by atomic mass is 10.1. The van der Waals surface area contributed by atoms with Crippen molar-refractivity contribution in [2.24, 2.45) is 0 Å². The third-order valence-corrected chi connectivity index (χ3v) is 4.90. The predicted octanol–water partition coefficient (Wildman–Crippen LogP) is 4.76. The molecular weight excluding hydrogens is 306 g/mol. The number of amides is 1. The van der Waals surface area contributed by atoms with E-state index in [9.17, 15) is 4.79 Å². The van der Waals surface area contributed by atoms with Gasteiger partial charge in [-0.1, -0.05) is 29.8 Å². The summed E-state index contributed by atoms with van der Waals surface area (Å²) in [5.74, 6) is 0.898. The van der Waals surface area contributed by atoms with E-state index < -0.39 is 5.60 Å². The van der Waals surface area contributed by atoms with E-state index in [0.29, 0.717) is 11.8 Å². The Morgan fingerprint density at radius 1 is 1.33 bits per heavy atom. The highest BCUT2D eigenvalue weighted by Crippen LogP contribution is 2.37. The maximum absolute atomic E-state index is 12.1. The first-order valence-electron chi connectivity index (χ1n) is 7.21. The molecule has 1 atom stereocenters. The van der Waals surface area contributed by atoms with Crippen LogP contribution in [0.5, 0.6) is 0 Å². The lowest BCUT2D eigenvalue weighted by Gasteiger charge is -2.26. The molecule has 0 bridgehead atoms. The molecule has 1 amide bonds. The Kier molecular flexibility index (Phi) is 5.44. The fourth-order valence-corrected chi connectivity index (χ4v) is 3.86. The molecule has 1 aliphatic rings. The normalized spacial score (nSPS) is 20.0. The van der Waals surface area contributed by atoms with E-state index in [4.69, 9.17) is 16.3 Å². The molecule has 0 aliphatic carbocycles. The van der Waals surface area contributed by atoms with Gasteiger partial charge in [-0.05, 0) is 38.8 Å². The zero-order valence-corrected chi connectivity index (χ0v) is 14.3. The monoisotopic (exact) mass is 327 g/mol. The first kappa shape index (κ1) is 16.5. The van der Waals surface area contributed by atoms with Crippen molar-refractivity contribution < 1.29 is 9.53 Å². The maximum Gasteiger partial charge on any atom is 0.410 e. The number of nitrogens with zero attached hydrogens (tertiary/aromatic N) is 1. The Bertz CT molecular complexity index is 501. The number of carbonyl (C=O) groups excluding carboxylic acids is 1. The largest absolute Gasteiger partial charge is 0.444 e. The molecule has 1 aromatic rings. The summed E-state index contributed by atoms with van der Waals surface area (Å²) in [6.07, 6.45) is 0.677. The van der Waals surface area contributed by atoms with Gasteiger partial charge in [0.1, 0.15) is 5.60 Å². The lowest BCUT2D eigenvalue weighted by Crippen LogP contribution is -2.38. The second-order valence-electron chi connectivity index (χ2n) is 6.14. The van der Waals surface area contributed by atoms with Crippen molar-refractivity contribution in [3.8, 4) is 0 Å². The standard InChI is InChI=1S/C16H22ClNO2S/c1-16(2,3)20-15(19)18-9-8-14(21-11-10-18)12-6-4-5-7-13(12)17/h4-7,14H,8-11H2,1-3H3. The second-order valence-corrected chi connectivity index (χ2v) is 7.85. The molecule has 1 aliphatic heterocycles. The molecule has 0 radical (unpaired) electrons. The van der Waals surface area contributed by atoms with Gasteiger partial charge in [0.15, 0.2) is 0 Å². The molecule has 2 rings (SSSR count). The summed E-state index contributed by atoms with van der Waals surface area (Å²) in [5.41, 5.74) is 0.716. The third kappa shape index (κ3) is 4.82. The Labute approximate surface area is 136 Å². The van der Waals surface area contributed by atoms with Crippen molar-refractivity contribution in [2.45, 2.75) is 38.0 Å². The van der Waals surface area contributed by atoms with Gasteiger partial charge in [-0.15, -0.1) is 0 Å². The smallest absolute Gasteiger partial charge is 0.410 e. The highest BCUT2D eigenvalue weighted by Gasteiger charge is 2.26. The quantitative estimate of drug-likeness (QED) is 0.745. The van der Waals surface area contributed by atoms with Crippen LogP contribution in [0, 0.1) is 0 Å². The fourth-order valence-electron chi connectivity index (χ4n) is 2.26. The van der Waals surface area contributed by atoms with Crippen LogP contribution in [0.4, 0.5) is 4.79 Å². The molecule has 5 heteroatoms. The van der Waals surface area contributed by atoms with Gasteiger partial charge < -0.3 is 9.64 Å². The van der Waals surface area contributed by atoms with Gasteiger partial charge in [0.05, 0.1) is 0 Å². The number of benzene rings is 1. The van der Waals surface area contributed by atoms with Gasteiger partial charge in [-0.3, -0.25) is 0 Å². The van der Waals surface area contributed by atoms with Crippen LogP contribution in [0.1, 0.15) is 38.0 Å². The minimum atomic E-state index is -0.446. The van der Waals surface area contributed by atoms with Gasteiger partial charge >= 0.3 is 6.09 Å². The molecule has 1 fully saturated rings. The van der Waals surface area contributed by atoms with Gasteiger partial charge in [0.2, 0.25) is 0 Å². The highest BCUT2D eigenvalue weighted by molar-refractivity contribution is 7.99. The summed E-state index contributed by atoms with van der Waals surface area (Å²) >= 11 is 8.13. The average Bonchev–Trinajstić information content (AvgIpc) is 2.63. The SMILES string of the molecule is CC(C)(C)OC(=O)N1CCSC(c2ccccc2Cl)CC1. The molecule has 0 spiro atoms. The van der Waals surface area contributed by atoms with Crippen molar-refractivity contribution in [2.75, 3.05) is 18.8 Å². The van der Waals surface area contributed by atoms with Gasteiger partial charge in [-0.2, -0.15) is 11.8 Å². The minimum absolute atomic E-state index is 0.220. The maximum atomic E-state index is 12.1. The molecule has 21 heavy (non-hydrogen) atoms. The lowest BCUT2D eigenvalue weighted by molar-refractivity contribution is 0.0263. The Morgan fingerprint density at radius 2 is 2.05 bits per heavy atom. The van der Waals surface area contributed by atoms with Crippen LogP contribution >= 0.6 is 23.4 Å². The summed E-state index contributed by atoms with van der Waals surface area (Å²) in [7, 11) is 0. The van der Waals surface area contributed by atoms with Crippen molar-refractivity contribution in [1.29, 1.82) is 0 Å². The number of hydrogen-bond acceptors (Lipinski definition) is 3. The summed E-state index contributed by atoms with van der Waals surface area (Å²) in [6.45, 7) is 7.11. The summed E-state index contributed by atoms with van der Waals surface area (Å²) in [4.78, 5) is 13.9. The molecule has 116 valence electrons. The zero-order chi connectivity index (χ0) is 15.5. The number of carbonyl (C=O) groups is 1. The van der Waals surface area contributed by atoms with Crippen LogP contribution in [-0.2, 0) is 4.74 Å². The molecule has 1 unspecified atom stereocenters. The first-order chi connectivity index (χ1) is 9.87.